The molecule has 0 radical (unpaired) electrons. The Morgan fingerprint density at radius 1 is 1.35 bits per heavy atom. The van der Waals surface area contributed by atoms with Gasteiger partial charge in [-0.3, -0.25) is 10.1 Å². The molecule has 1 saturated heterocycles. The van der Waals surface area contributed by atoms with Crippen molar-refractivity contribution in [1.82, 2.24) is 0 Å². The third-order valence-electron chi connectivity index (χ3n) is 2.82. The predicted molar refractivity (Wildman–Crippen MR) is 66.5 cm³/mol. The maximum atomic E-state index is 10.6. The Balaban J connectivity index is 2.12. The highest BCUT2D eigenvalue weighted by Gasteiger charge is 2.39. The van der Waals surface area contributed by atoms with E-state index in [1.54, 1.807) is 0 Å². The summed E-state index contributed by atoms with van der Waals surface area (Å²) in [4.78, 5) is 9.96. The zero-order chi connectivity index (χ0) is 14.9. The molecule has 20 heavy (non-hydrogen) atoms. The first-order valence-electron chi connectivity index (χ1n) is 5.66. The van der Waals surface area contributed by atoms with Crippen molar-refractivity contribution in [1.29, 1.82) is 0 Å². The third-order valence-corrected chi connectivity index (χ3v) is 3.12. The standard InChI is InChI=1S/C11H12ClNO7/c12-6-3-5(13(17)18)1-2-8(6)20-11-10(16)9(15)7(14)4-19-11/h1-3,7,9-11,14-16H,4H2/t7-,9+,10-,11+/m1/s1. The Kier molecular flexibility index (Phi) is 4.41. The lowest BCUT2D eigenvalue weighted by molar-refractivity contribution is -0.384. The number of hydrogen-bond acceptors (Lipinski definition) is 7. The molecular weight excluding hydrogens is 294 g/mol. The van der Waals surface area contributed by atoms with Gasteiger partial charge in [-0.05, 0) is 6.07 Å². The lowest BCUT2D eigenvalue weighted by atomic mass is 10.1. The normalized spacial score (nSPS) is 30.0. The second kappa shape index (κ2) is 5.90. The van der Waals surface area contributed by atoms with Crippen molar-refractivity contribution in [3.8, 4) is 5.75 Å². The number of halogens is 1. The van der Waals surface area contributed by atoms with Crippen molar-refractivity contribution in [2.75, 3.05) is 6.61 Å². The highest BCUT2D eigenvalue weighted by molar-refractivity contribution is 6.32. The summed E-state index contributed by atoms with van der Waals surface area (Å²) in [6.45, 7) is -0.215. The highest BCUT2D eigenvalue weighted by atomic mass is 35.5. The van der Waals surface area contributed by atoms with Crippen molar-refractivity contribution in [2.45, 2.75) is 24.6 Å². The predicted octanol–water partition coefficient (Wildman–Crippen LogP) is 0.0660. The van der Waals surface area contributed by atoms with Gasteiger partial charge in [0.05, 0.1) is 16.6 Å². The van der Waals surface area contributed by atoms with E-state index in [0.29, 0.717) is 0 Å². The Labute approximate surface area is 118 Å². The molecule has 3 N–H and O–H groups in total. The van der Waals surface area contributed by atoms with Crippen LogP contribution in [0.3, 0.4) is 0 Å². The number of nitro groups is 1. The average Bonchev–Trinajstić information content (AvgIpc) is 2.41. The zero-order valence-corrected chi connectivity index (χ0v) is 10.8. The van der Waals surface area contributed by atoms with Gasteiger partial charge in [0.25, 0.3) is 5.69 Å². The average molecular weight is 306 g/mol. The monoisotopic (exact) mass is 305 g/mol. The molecule has 8 nitrogen and oxygen atoms in total. The quantitative estimate of drug-likeness (QED) is 0.533. The lowest BCUT2D eigenvalue weighted by Crippen LogP contribution is -2.54. The van der Waals surface area contributed by atoms with Crippen LogP contribution in [0.5, 0.6) is 5.75 Å². The summed E-state index contributed by atoms with van der Waals surface area (Å²) in [7, 11) is 0. The number of hydrogen-bond donors (Lipinski definition) is 3. The van der Waals surface area contributed by atoms with Crippen LogP contribution in [0.15, 0.2) is 18.2 Å². The van der Waals surface area contributed by atoms with E-state index in [2.05, 4.69) is 0 Å². The topological polar surface area (TPSA) is 122 Å². The van der Waals surface area contributed by atoms with Crippen LogP contribution in [0.1, 0.15) is 0 Å². The number of nitrogens with zero attached hydrogens (tertiary/aromatic N) is 1. The van der Waals surface area contributed by atoms with Crippen LogP contribution >= 0.6 is 11.6 Å². The first kappa shape index (κ1) is 14.9. The van der Waals surface area contributed by atoms with E-state index in [4.69, 9.17) is 21.1 Å². The fourth-order valence-corrected chi connectivity index (χ4v) is 1.93. The second-order valence-electron chi connectivity index (χ2n) is 4.24. The molecule has 0 spiro atoms. The molecule has 0 aliphatic carbocycles. The number of benzene rings is 1. The smallest absolute Gasteiger partial charge is 0.271 e. The molecule has 1 fully saturated rings. The van der Waals surface area contributed by atoms with Crippen LogP contribution in [0.4, 0.5) is 5.69 Å². The fraction of sp³-hybridized carbons (Fsp3) is 0.455. The van der Waals surface area contributed by atoms with Crippen LogP contribution in [-0.4, -0.2) is 51.5 Å². The van der Waals surface area contributed by atoms with E-state index in [9.17, 15) is 25.4 Å². The maximum Gasteiger partial charge on any atom is 0.271 e. The van der Waals surface area contributed by atoms with Gasteiger partial charge in [-0.1, -0.05) is 11.6 Å². The van der Waals surface area contributed by atoms with Gasteiger partial charge < -0.3 is 24.8 Å². The molecule has 1 aromatic carbocycles. The molecule has 0 amide bonds. The van der Waals surface area contributed by atoms with Crippen LogP contribution in [-0.2, 0) is 4.74 Å². The molecule has 1 aromatic rings. The lowest BCUT2D eigenvalue weighted by Gasteiger charge is -2.35. The van der Waals surface area contributed by atoms with Crippen LogP contribution in [0.25, 0.3) is 0 Å². The van der Waals surface area contributed by atoms with Crippen molar-refractivity contribution in [3.63, 3.8) is 0 Å². The van der Waals surface area contributed by atoms with Crippen LogP contribution in [0, 0.1) is 10.1 Å². The van der Waals surface area contributed by atoms with Crippen molar-refractivity contribution < 1.29 is 29.7 Å². The van der Waals surface area contributed by atoms with Crippen molar-refractivity contribution in [2.24, 2.45) is 0 Å². The molecule has 1 aliphatic rings. The van der Waals surface area contributed by atoms with Gasteiger partial charge in [-0.2, -0.15) is 0 Å². The second-order valence-corrected chi connectivity index (χ2v) is 4.65. The zero-order valence-electron chi connectivity index (χ0n) is 10.0. The number of non-ortho nitro benzene ring substituents is 1. The van der Waals surface area contributed by atoms with Crippen molar-refractivity contribution in [3.05, 3.63) is 33.3 Å². The molecule has 0 saturated carbocycles. The molecule has 1 aliphatic heterocycles. The Morgan fingerprint density at radius 3 is 2.65 bits per heavy atom. The molecule has 9 heteroatoms. The third kappa shape index (κ3) is 3.00. The molecular formula is C11H12ClNO7. The first-order valence-corrected chi connectivity index (χ1v) is 6.04. The van der Waals surface area contributed by atoms with E-state index in [0.717, 1.165) is 6.07 Å². The minimum atomic E-state index is -1.47. The van der Waals surface area contributed by atoms with Gasteiger partial charge in [0.2, 0.25) is 6.29 Å². The van der Waals surface area contributed by atoms with E-state index in [-0.39, 0.29) is 23.1 Å². The SMILES string of the molecule is O=[N+]([O-])c1ccc(O[C@@H]2OC[C@@H](O)[C@H](O)[C@H]2O)c(Cl)c1. The minimum absolute atomic E-state index is 0.0318. The van der Waals surface area contributed by atoms with Gasteiger partial charge in [0, 0.05) is 12.1 Å². The molecule has 4 atom stereocenters. The van der Waals surface area contributed by atoms with Crippen molar-refractivity contribution >= 4 is 17.3 Å². The Bertz CT molecular complexity index is 512. The summed E-state index contributed by atoms with van der Waals surface area (Å²) < 4.78 is 10.3. The van der Waals surface area contributed by atoms with Crippen LogP contribution < -0.4 is 4.74 Å². The van der Waals surface area contributed by atoms with Crippen LogP contribution in [0.2, 0.25) is 5.02 Å². The van der Waals surface area contributed by atoms with E-state index < -0.39 is 29.5 Å². The molecule has 1 heterocycles. The number of ether oxygens (including phenoxy) is 2. The summed E-state index contributed by atoms with van der Waals surface area (Å²) in [6, 6.07) is 3.53. The Hall–Kier alpha value is -1.45. The van der Waals surface area contributed by atoms with Gasteiger partial charge in [-0.25, -0.2) is 0 Å². The number of aliphatic hydroxyl groups is 3. The summed E-state index contributed by atoms with van der Waals surface area (Å²) >= 11 is 5.83. The molecule has 110 valence electrons. The number of rotatable bonds is 3. The van der Waals surface area contributed by atoms with E-state index >= 15 is 0 Å². The fourth-order valence-electron chi connectivity index (χ4n) is 1.71. The van der Waals surface area contributed by atoms with Gasteiger partial charge in [0.15, 0.2) is 0 Å². The number of aliphatic hydroxyl groups excluding tert-OH is 3. The molecule has 0 unspecified atom stereocenters. The summed E-state index contributed by atoms with van der Waals surface area (Å²) in [6.07, 6.45) is -5.32. The molecule has 0 aromatic heterocycles. The first-order chi connectivity index (χ1) is 9.40. The van der Waals surface area contributed by atoms with Gasteiger partial charge in [-0.15, -0.1) is 0 Å². The van der Waals surface area contributed by atoms with Gasteiger partial charge >= 0.3 is 0 Å². The number of nitro benzene ring substituents is 1. The van der Waals surface area contributed by atoms with E-state index in [1.807, 2.05) is 0 Å². The Morgan fingerprint density at radius 2 is 2.05 bits per heavy atom. The molecule has 0 bridgehead atoms. The molecule has 2 rings (SSSR count). The summed E-state index contributed by atoms with van der Waals surface area (Å²) in [5.41, 5.74) is -0.206. The van der Waals surface area contributed by atoms with Gasteiger partial charge in [0.1, 0.15) is 24.1 Å². The minimum Gasteiger partial charge on any atom is -0.460 e. The highest BCUT2D eigenvalue weighted by Crippen LogP contribution is 2.31. The van der Waals surface area contributed by atoms with E-state index in [1.165, 1.54) is 12.1 Å². The summed E-state index contributed by atoms with van der Waals surface area (Å²) in [5, 5.41) is 39.0. The largest absolute Gasteiger partial charge is 0.460 e. The maximum absolute atomic E-state index is 10.6. The summed E-state index contributed by atoms with van der Waals surface area (Å²) in [5.74, 6) is 0.0601.